The highest BCUT2D eigenvalue weighted by Crippen LogP contribution is 2.15. The highest BCUT2D eigenvalue weighted by molar-refractivity contribution is 7.10. The van der Waals surface area contributed by atoms with Crippen molar-refractivity contribution in [1.29, 1.82) is 0 Å². The zero-order valence-electron chi connectivity index (χ0n) is 17.0. The molecule has 0 radical (unpaired) electrons. The third-order valence-corrected chi connectivity index (χ3v) is 5.12. The van der Waals surface area contributed by atoms with Crippen molar-refractivity contribution in [2.45, 2.75) is 20.4 Å². The van der Waals surface area contributed by atoms with Crippen molar-refractivity contribution in [3.63, 3.8) is 0 Å². The average Bonchev–Trinajstić information content (AvgIpc) is 3.26. The molecule has 30 heavy (non-hydrogen) atoms. The Bertz CT molecular complexity index is 1020. The number of thiophene rings is 1. The molecule has 0 atom stereocenters. The Morgan fingerprint density at radius 3 is 2.57 bits per heavy atom. The molecule has 0 aliphatic carbocycles. The summed E-state index contributed by atoms with van der Waals surface area (Å²) in [4.78, 5) is 26.4. The van der Waals surface area contributed by atoms with Crippen molar-refractivity contribution < 1.29 is 14.3 Å². The van der Waals surface area contributed by atoms with E-state index in [1.165, 1.54) is 11.3 Å². The summed E-state index contributed by atoms with van der Waals surface area (Å²) >= 11 is 1.49. The van der Waals surface area contributed by atoms with E-state index in [9.17, 15) is 9.59 Å². The Labute approximate surface area is 180 Å². The molecule has 0 saturated carbocycles. The number of carbonyl (C=O) groups excluding carboxylic acids is 2. The monoisotopic (exact) mass is 420 g/mol. The molecule has 3 rings (SSSR count). The van der Waals surface area contributed by atoms with Crippen LogP contribution in [0.25, 0.3) is 6.08 Å². The van der Waals surface area contributed by atoms with Gasteiger partial charge in [0.25, 0.3) is 11.8 Å². The molecule has 0 fully saturated rings. The molecular weight excluding hydrogens is 396 g/mol. The van der Waals surface area contributed by atoms with Crippen molar-refractivity contribution in [3.05, 3.63) is 93.3 Å². The minimum atomic E-state index is -0.356. The Hall–Kier alpha value is -3.38. The van der Waals surface area contributed by atoms with Crippen LogP contribution in [0.3, 0.4) is 0 Å². The molecule has 0 bridgehead atoms. The smallest absolute Gasteiger partial charge is 0.268 e. The molecule has 0 aliphatic heterocycles. The van der Waals surface area contributed by atoms with Crippen molar-refractivity contribution in [3.8, 4) is 5.75 Å². The van der Waals surface area contributed by atoms with Gasteiger partial charge in [-0.05, 0) is 61.2 Å². The van der Waals surface area contributed by atoms with Gasteiger partial charge in [0.15, 0.2) is 0 Å². The largest absolute Gasteiger partial charge is 0.494 e. The number of rotatable bonds is 8. The van der Waals surface area contributed by atoms with Crippen LogP contribution in [0, 0.1) is 6.92 Å². The standard InChI is InChI=1S/C24H24N2O3S/c1-3-29-20-7-4-6-18(14-20)16-25-24(28)22(15-21-8-5-13-30-21)26-23(27)19-11-9-17(2)10-12-19/h4-15H,3,16H2,1-2H3,(H,25,28)(H,26,27)/b22-15-. The minimum absolute atomic E-state index is 0.198. The van der Waals surface area contributed by atoms with Gasteiger partial charge in [0.1, 0.15) is 11.4 Å². The number of aryl methyl sites for hydroxylation is 1. The fourth-order valence-electron chi connectivity index (χ4n) is 2.76. The van der Waals surface area contributed by atoms with Crippen LogP contribution in [0.5, 0.6) is 5.75 Å². The second kappa shape index (κ2) is 10.4. The first-order valence-electron chi connectivity index (χ1n) is 9.68. The van der Waals surface area contributed by atoms with Crippen molar-refractivity contribution in [1.82, 2.24) is 10.6 Å². The maximum Gasteiger partial charge on any atom is 0.268 e. The van der Waals surface area contributed by atoms with E-state index in [0.717, 1.165) is 21.8 Å². The summed E-state index contributed by atoms with van der Waals surface area (Å²) in [6.45, 7) is 4.78. The zero-order chi connectivity index (χ0) is 21.3. The summed E-state index contributed by atoms with van der Waals surface area (Å²) in [5, 5.41) is 7.54. The number of hydrogen-bond donors (Lipinski definition) is 2. The van der Waals surface area contributed by atoms with E-state index >= 15 is 0 Å². The van der Waals surface area contributed by atoms with Gasteiger partial charge in [0, 0.05) is 17.0 Å². The number of amides is 2. The topological polar surface area (TPSA) is 67.4 Å². The van der Waals surface area contributed by atoms with Gasteiger partial charge in [0.05, 0.1) is 6.61 Å². The molecule has 3 aromatic rings. The lowest BCUT2D eigenvalue weighted by molar-refractivity contribution is -0.117. The third kappa shape index (κ3) is 6.06. The second-order valence-electron chi connectivity index (χ2n) is 6.66. The van der Waals surface area contributed by atoms with E-state index in [0.29, 0.717) is 18.7 Å². The zero-order valence-corrected chi connectivity index (χ0v) is 17.8. The molecule has 2 amide bonds. The maximum atomic E-state index is 12.9. The molecule has 6 heteroatoms. The van der Waals surface area contributed by atoms with E-state index in [4.69, 9.17) is 4.74 Å². The first-order chi connectivity index (χ1) is 14.5. The van der Waals surface area contributed by atoms with Crippen molar-refractivity contribution in [2.75, 3.05) is 6.61 Å². The summed E-state index contributed by atoms with van der Waals surface area (Å²) in [7, 11) is 0. The van der Waals surface area contributed by atoms with Gasteiger partial charge >= 0.3 is 0 Å². The molecule has 0 unspecified atom stereocenters. The summed E-state index contributed by atoms with van der Waals surface area (Å²) in [5.74, 6) is 0.0725. The van der Waals surface area contributed by atoms with Crippen LogP contribution in [0.1, 0.15) is 33.3 Å². The van der Waals surface area contributed by atoms with Gasteiger partial charge in [-0.3, -0.25) is 9.59 Å². The lowest BCUT2D eigenvalue weighted by Crippen LogP contribution is -2.34. The van der Waals surface area contributed by atoms with E-state index in [1.807, 2.05) is 67.8 Å². The maximum absolute atomic E-state index is 12.9. The van der Waals surface area contributed by atoms with Crippen LogP contribution >= 0.6 is 11.3 Å². The lowest BCUT2D eigenvalue weighted by Gasteiger charge is -2.12. The van der Waals surface area contributed by atoms with Gasteiger partial charge in [-0.2, -0.15) is 0 Å². The van der Waals surface area contributed by atoms with E-state index in [1.54, 1.807) is 18.2 Å². The average molecular weight is 421 g/mol. The quantitative estimate of drug-likeness (QED) is 0.526. The summed E-state index contributed by atoms with van der Waals surface area (Å²) < 4.78 is 5.50. The van der Waals surface area contributed by atoms with Gasteiger partial charge < -0.3 is 15.4 Å². The molecule has 154 valence electrons. The second-order valence-corrected chi connectivity index (χ2v) is 7.64. The minimum Gasteiger partial charge on any atom is -0.494 e. The highest BCUT2D eigenvalue weighted by atomic mass is 32.1. The van der Waals surface area contributed by atoms with Crippen molar-refractivity contribution in [2.24, 2.45) is 0 Å². The van der Waals surface area contributed by atoms with Gasteiger partial charge in [-0.1, -0.05) is 35.9 Å². The predicted octanol–water partition coefficient (Wildman–Crippen LogP) is 4.54. The summed E-state index contributed by atoms with van der Waals surface area (Å²) in [6, 6.07) is 18.6. The molecule has 1 aromatic heterocycles. The number of benzene rings is 2. The molecule has 0 saturated heterocycles. The first kappa shape index (κ1) is 21.3. The van der Waals surface area contributed by atoms with Gasteiger partial charge in [-0.25, -0.2) is 0 Å². The van der Waals surface area contributed by atoms with Crippen LogP contribution in [0.2, 0.25) is 0 Å². The van der Waals surface area contributed by atoms with E-state index < -0.39 is 0 Å². The molecule has 2 N–H and O–H groups in total. The fourth-order valence-corrected chi connectivity index (χ4v) is 3.42. The Morgan fingerprint density at radius 2 is 1.87 bits per heavy atom. The SMILES string of the molecule is CCOc1cccc(CNC(=O)/C(=C/c2cccs2)NC(=O)c2ccc(C)cc2)c1. The lowest BCUT2D eigenvalue weighted by atomic mass is 10.1. The van der Waals surface area contributed by atoms with E-state index in [2.05, 4.69) is 10.6 Å². The van der Waals surface area contributed by atoms with Crippen molar-refractivity contribution >= 4 is 29.2 Å². The summed E-state index contributed by atoms with van der Waals surface area (Å²) in [6.07, 6.45) is 1.68. The van der Waals surface area contributed by atoms with Crippen LogP contribution in [0.4, 0.5) is 0 Å². The van der Waals surface area contributed by atoms with Crippen LogP contribution < -0.4 is 15.4 Å². The summed E-state index contributed by atoms with van der Waals surface area (Å²) in [5.41, 5.74) is 2.67. The number of ether oxygens (including phenoxy) is 1. The fraction of sp³-hybridized carbons (Fsp3) is 0.167. The Morgan fingerprint density at radius 1 is 1.07 bits per heavy atom. The Balaban J connectivity index is 1.73. The van der Waals surface area contributed by atoms with Crippen LogP contribution in [-0.2, 0) is 11.3 Å². The third-order valence-electron chi connectivity index (χ3n) is 4.30. The normalized spacial score (nSPS) is 11.1. The molecule has 5 nitrogen and oxygen atoms in total. The van der Waals surface area contributed by atoms with Crippen LogP contribution in [-0.4, -0.2) is 18.4 Å². The molecule has 0 spiro atoms. The van der Waals surface area contributed by atoms with Gasteiger partial charge in [0.2, 0.25) is 0 Å². The Kier molecular flexibility index (Phi) is 7.40. The molecule has 0 aliphatic rings. The van der Waals surface area contributed by atoms with Crippen LogP contribution in [0.15, 0.2) is 71.7 Å². The number of carbonyl (C=O) groups is 2. The molecule has 1 heterocycles. The van der Waals surface area contributed by atoms with Gasteiger partial charge in [-0.15, -0.1) is 11.3 Å². The predicted molar refractivity (Wildman–Crippen MR) is 120 cm³/mol. The number of hydrogen-bond acceptors (Lipinski definition) is 4. The first-order valence-corrected chi connectivity index (χ1v) is 10.6. The molecule has 2 aromatic carbocycles. The van der Waals surface area contributed by atoms with E-state index in [-0.39, 0.29) is 17.5 Å². The highest BCUT2D eigenvalue weighted by Gasteiger charge is 2.15. The number of nitrogens with one attached hydrogen (secondary N) is 2. The molecular formula is C24H24N2O3S.